The topological polar surface area (TPSA) is 71.9 Å². The van der Waals surface area contributed by atoms with Gasteiger partial charge in [0.25, 0.3) is 0 Å². The number of rotatable bonds is 7. The summed E-state index contributed by atoms with van der Waals surface area (Å²) in [5.74, 6) is 2.13. The van der Waals surface area contributed by atoms with Gasteiger partial charge in [0, 0.05) is 13.3 Å². The van der Waals surface area contributed by atoms with Crippen LogP contribution in [0, 0.1) is 0 Å². The molecule has 0 N–H and O–H groups in total. The molecule has 0 saturated heterocycles. The van der Waals surface area contributed by atoms with Gasteiger partial charge in [-0.2, -0.15) is 0 Å². The van der Waals surface area contributed by atoms with E-state index in [4.69, 9.17) is 23.7 Å². The van der Waals surface area contributed by atoms with Gasteiger partial charge in [-0.25, -0.2) is 9.97 Å². The van der Waals surface area contributed by atoms with Crippen molar-refractivity contribution in [3.8, 4) is 17.2 Å². The first-order valence-corrected chi connectivity index (χ1v) is 8.17. The molecule has 0 spiro atoms. The third kappa shape index (κ3) is 3.40. The zero-order valence-corrected chi connectivity index (χ0v) is 14.3. The molecule has 0 fully saturated rings. The Labute approximate surface area is 150 Å². The third-order valence-electron chi connectivity index (χ3n) is 4.06. The lowest BCUT2D eigenvalue weighted by atomic mass is 10.1. The van der Waals surface area contributed by atoms with Crippen LogP contribution in [0.3, 0.4) is 0 Å². The van der Waals surface area contributed by atoms with E-state index in [-0.39, 0.29) is 19.7 Å². The second-order valence-electron chi connectivity index (χ2n) is 5.70. The third-order valence-corrected chi connectivity index (χ3v) is 4.06. The smallest absolute Gasteiger partial charge is 0.231 e. The predicted octanol–water partition coefficient (Wildman–Crippen LogP) is 3.10. The first-order valence-electron chi connectivity index (χ1n) is 8.17. The van der Waals surface area contributed by atoms with Crippen molar-refractivity contribution in [3.05, 3.63) is 54.5 Å². The van der Waals surface area contributed by atoms with Gasteiger partial charge in [0.1, 0.15) is 31.6 Å². The molecular weight excluding hydrogens is 336 g/mol. The van der Waals surface area contributed by atoms with Gasteiger partial charge in [0.05, 0.1) is 10.9 Å². The second-order valence-corrected chi connectivity index (χ2v) is 5.70. The highest BCUT2D eigenvalue weighted by Crippen LogP contribution is 2.35. The van der Waals surface area contributed by atoms with Crippen molar-refractivity contribution in [2.24, 2.45) is 0 Å². The number of methoxy groups -OCH3 is 1. The number of hydrogen-bond donors (Lipinski definition) is 0. The number of hydrogen-bond acceptors (Lipinski definition) is 7. The summed E-state index contributed by atoms with van der Waals surface area (Å²) in [6.07, 6.45) is 2.93. The highest BCUT2D eigenvalue weighted by Gasteiger charge is 2.19. The lowest BCUT2D eigenvalue weighted by Crippen LogP contribution is -2.15. The SMILES string of the molecule is COCOC(COc1cccc2ncncc12)c1ccc2c(c1)OCO2. The van der Waals surface area contributed by atoms with Gasteiger partial charge in [-0.3, -0.25) is 0 Å². The lowest BCUT2D eigenvalue weighted by molar-refractivity contribution is -0.0855. The lowest BCUT2D eigenvalue weighted by Gasteiger charge is -2.19. The first-order chi connectivity index (χ1) is 12.8. The molecule has 2 aromatic carbocycles. The van der Waals surface area contributed by atoms with Crippen LogP contribution in [-0.4, -0.2) is 37.3 Å². The van der Waals surface area contributed by atoms with Crippen molar-refractivity contribution in [3.63, 3.8) is 0 Å². The van der Waals surface area contributed by atoms with Crippen LogP contribution in [0.25, 0.3) is 10.9 Å². The molecule has 3 aromatic rings. The van der Waals surface area contributed by atoms with Crippen LogP contribution >= 0.6 is 0 Å². The number of benzene rings is 2. The molecule has 0 bridgehead atoms. The quantitative estimate of drug-likeness (QED) is 0.604. The molecule has 1 aliphatic heterocycles. The number of ether oxygens (including phenoxy) is 5. The van der Waals surface area contributed by atoms with Gasteiger partial charge >= 0.3 is 0 Å². The molecule has 2 heterocycles. The maximum absolute atomic E-state index is 6.02. The van der Waals surface area contributed by atoms with Gasteiger partial charge in [-0.1, -0.05) is 12.1 Å². The molecule has 0 saturated carbocycles. The molecule has 1 aromatic heterocycles. The van der Waals surface area contributed by atoms with Crippen LogP contribution < -0.4 is 14.2 Å². The Morgan fingerprint density at radius 2 is 2.08 bits per heavy atom. The molecule has 1 aliphatic rings. The summed E-state index contributed by atoms with van der Waals surface area (Å²) in [5, 5.41) is 0.853. The number of fused-ring (bicyclic) bond motifs is 2. The van der Waals surface area contributed by atoms with Gasteiger partial charge in [-0.15, -0.1) is 0 Å². The number of aromatic nitrogens is 2. The van der Waals surface area contributed by atoms with E-state index in [1.54, 1.807) is 13.3 Å². The Balaban J connectivity index is 1.55. The van der Waals surface area contributed by atoms with Crippen LogP contribution in [0.1, 0.15) is 11.7 Å². The van der Waals surface area contributed by atoms with Crippen molar-refractivity contribution in [1.82, 2.24) is 9.97 Å². The monoisotopic (exact) mass is 354 g/mol. The van der Waals surface area contributed by atoms with Gasteiger partial charge in [0.2, 0.25) is 6.79 Å². The van der Waals surface area contributed by atoms with Crippen LogP contribution in [0.15, 0.2) is 48.9 Å². The molecule has 1 atom stereocenters. The van der Waals surface area contributed by atoms with Crippen molar-refractivity contribution < 1.29 is 23.7 Å². The van der Waals surface area contributed by atoms with Crippen molar-refractivity contribution in [1.29, 1.82) is 0 Å². The standard InChI is InChI=1S/C19H18N2O5/c1-22-11-24-19(13-5-6-17-18(7-13)26-12-25-17)9-23-16-4-2-3-15-14(16)8-20-10-21-15/h2-8,10,19H,9,11-12H2,1H3. The summed E-state index contributed by atoms with van der Waals surface area (Å²) in [6, 6.07) is 11.4. The molecule has 0 aliphatic carbocycles. The Hall–Kier alpha value is -2.90. The summed E-state index contributed by atoms with van der Waals surface area (Å²) < 4.78 is 27.7. The van der Waals surface area contributed by atoms with E-state index < -0.39 is 0 Å². The summed E-state index contributed by atoms with van der Waals surface area (Å²) >= 11 is 0. The minimum Gasteiger partial charge on any atom is -0.490 e. The van der Waals surface area contributed by atoms with Crippen LogP contribution in [0.2, 0.25) is 0 Å². The number of nitrogens with zero attached hydrogens (tertiary/aromatic N) is 2. The second kappa shape index (κ2) is 7.55. The van der Waals surface area contributed by atoms with Crippen LogP contribution in [-0.2, 0) is 9.47 Å². The van der Waals surface area contributed by atoms with E-state index >= 15 is 0 Å². The predicted molar refractivity (Wildman–Crippen MR) is 93.3 cm³/mol. The van der Waals surface area contributed by atoms with Crippen molar-refractivity contribution in [2.75, 3.05) is 27.3 Å². The van der Waals surface area contributed by atoms with E-state index in [2.05, 4.69) is 9.97 Å². The highest BCUT2D eigenvalue weighted by atomic mass is 16.7. The van der Waals surface area contributed by atoms with Gasteiger partial charge in [0.15, 0.2) is 11.5 Å². The Morgan fingerprint density at radius 3 is 3.00 bits per heavy atom. The van der Waals surface area contributed by atoms with Crippen LogP contribution in [0.4, 0.5) is 0 Å². The largest absolute Gasteiger partial charge is 0.490 e. The summed E-state index contributed by atoms with van der Waals surface area (Å²) in [7, 11) is 1.58. The Kier molecular flexibility index (Phi) is 4.81. The molecule has 26 heavy (non-hydrogen) atoms. The zero-order chi connectivity index (χ0) is 17.8. The molecule has 7 heteroatoms. The van der Waals surface area contributed by atoms with E-state index in [1.165, 1.54) is 6.33 Å². The molecule has 0 amide bonds. The average molecular weight is 354 g/mol. The molecule has 134 valence electrons. The minimum absolute atomic E-state index is 0.154. The van der Waals surface area contributed by atoms with E-state index in [9.17, 15) is 0 Å². The van der Waals surface area contributed by atoms with Crippen molar-refractivity contribution >= 4 is 10.9 Å². The molecule has 7 nitrogen and oxygen atoms in total. The first kappa shape index (κ1) is 16.6. The molecule has 0 radical (unpaired) electrons. The molecular formula is C19H18N2O5. The zero-order valence-electron chi connectivity index (χ0n) is 14.3. The maximum atomic E-state index is 6.02. The Morgan fingerprint density at radius 1 is 1.15 bits per heavy atom. The van der Waals surface area contributed by atoms with Gasteiger partial charge < -0.3 is 23.7 Å². The Bertz CT molecular complexity index is 897. The fourth-order valence-corrected chi connectivity index (χ4v) is 2.77. The maximum Gasteiger partial charge on any atom is 0.231 e. The minimum atomic E-state index is -0.329. The molecule has 1 unspecified atom stereocenters. The fraction of sp³-hybridized carbons (Fsp3) is 0.263. The van der Waals surface area contributed by atoms with Crippen LogP contribution in [0.5, 0.6) is 17.2 Å². The fourth-order valence-electron chi connectivity index (χ4n) is 2.77. The van der Waals surface area contributed by atoms with Gasteiger partial charge in [-0.05, 0) is 29.8 Å². The summed E-state index contributed by atoms with van der Waals surface area (Å²) in [4.78, 5) is 8.32. The van der Waals surface area contributed by atoms with E-state index in [1.807, 2.05) is 36.4 Å². The summed E-state index contributed by atoms with van der Waals surface area (Å²) in [6.45, 7) is 0.688. The van der Waals surface area contributed by atoms with E-state index in [0.717, 1.165) is 22.2 Å². The highest BCUT2D eigenvalue weighted by molar-refractivity contribution is 5.83. The van der Waals surface area contributed by atoms with Crippen molar-refractivity contribution in [2.45, 2.75) is 6.10 Å². The summed E-state index contributed by atoms with van der Waals surface area (Å²) in [5.41, 5.74) is 1.75. The van der Waals surface area contributed by atoms with E-state index in [0.29, 0.717) is 18.1 Å². The average Bonchev–Trinajstić information content (AvgIpc) is 3.16. The molecule has 4 rings (SSSR count). The normalized spacial score (nSPS) is 13.7.